The third-order valence-electron chi connectivity index (χ3n) is 5.03. The van der Waals surface area contributed by atoms with Gasteiger partial charge in [-0.15, -0.1) is 0 Å². The van der Waals surface area contributed by atoms with Crippen LogP contribution in [0.3, 0.4) is 0 Å². The van der Waals surface area contributed by atoms with Crippen molar-refractivity contribution in [3.63, 3.8) is 0 Å². The van der Waals surface area contributed by atoms with E-state index in [2.05, 4.69) is 41.9 Å². The summed E-state index contributed by atoms with van der Waals surface area (Å²) in [4.78, 5) is 7.17. The van der Waals surface area contributed by atoms with Crippen molar-refractivity contribution in [2.45, 2.75) is 63.7 Å². The number of nitrogens with one attached hydrogen (secondary N) is 1. The van der Waals surface area contributed by atoms with E-state index in [-0.39, 0.29) is 0 Å². The predicted octanol–water partition coefficient (Wildman–Crippen LogP) is 2.12. The Balaban J connectivity index is 1.79. The van der Waals surface area contributed by atoms with Gasteiger partial charge in [0.25, 0.3) is 0 Å². The van der Waals surface area contributed by atoms with Crippen molar-refractivity contribution < 1.29 is 4.74 Å². The number of methoxy groups -OCH3 is 1. The van der Waals surface area contributed by atoms with E-state index in [1.54, 1.807) is 7.11 Å². The van der Waals surface area contributed by atoms with Crippen LogP contribution in [0.4, 0.5) is 5.95 Å². The zero-order valence-electron chi connectivity index (χ0n) is 13.7. The maximum absolute atomic E-state index is 5.31. The Bertz CT molecular complexity index is 475. The van der Waals surface area contributed by atoms with Crippen LogP contribution in [-0.2, 0) is 4.74 Å². The van der Waals surface area contributed by atoms with Crippen molar-refractivity contribution in [1.29, 1.82) is 0 Å². The predicted molar refractivity (Wildman–Crippen MR) is 84.9 cm³/mol. The maximum atomic E-state index is 5.31. The quantitative estimate of drug-likeness (QED) is 0.902. The minimum absolute atomic E-state index is 0.312. The van der Waals surface area contributed by atoms with Crippen LogP contribution in [0, 0.1) is 6.92 Å². The van der Waals surface area contributed by atoms with Gasteiger partial charge in [0.1, 0.15) is 0 Å². The van der Waals surface area contributed by atoms with Gasteiger partial charge >= 0.3 is 0 Å². The van der Waals surface area contributed by atoms with E-state index in [1.165, 1.54) is 25.7 Å². The van der Waals surface area contributed by atoms with Crippen LogP contribution in [0.25, 0.3) is 0 Å². The van der Waals surface area contributed by atoms with E-state index in [9.17, 15) is 0 Å². The first-order chi connectivity index (χ1) is 10.1. The molecule has 2 aliphatic heterocycles. The van der Waals surface area contributed by atoms with Gasteiger partial charge < -0.3 is 19.5 Å². The zero-order chi connectivity index (χ0) is 15.0. The fraction of sp³-hybridized carbons (Fsp3) is 0.812. The highest BCUT2D eigenvalue weighted by molar-refractivity contribution is 5.35. The summed E-state index contributed by atoms with van der Waals surface area (Å²) >= 11 is 0. The van der Waals surface area contributed by atoms with Gasteiger partial charge in [0.05, 0.1) is 18.3 Å². The summed E-state index contributed by atoms with van der Waals surface area (Å²) in [6.45, 7) is 4.97. The molecule has 118 valence electrons. The van der Waals surface area contributed by atoms with E-state index in [0.29, 0.717) is 30.8 Å². The molecular weight excluding hydrogens is 264 g/mol. The number of anilines is 1. The number of piperidine rings is 1. The van der Waals surface area contributed by atoms with E-state index in [4.69, 9.17) is 9.72 Å². The van der Waals surface area contributed by atoms with Crippen molar-refractivity contribution in [2.24, 2.45) is 0 Å². The molecule has 5 nitrogen and oxygen atoms in total. The molecule has 21 heavy (non-hydrogen) atoms. The average Bonchev–Trinajstić information content (AvgIpc) is 3.01. The topological polar surface area (TPSA) is 42.3 Å². The molecule has 2 aliphatic rings. The molecule has 3 unspecified atom stereocenters. The Morgan fingerprint density at radius 1 is 1.43 bits per heavy atom. The number of imidazole rings is 1. The molecule has 2 saturated heterocycles. The number of rotatable bonds is 5. The Kier molecular flexibility index (Phi) is 4.22. The average molecular weight is 292 g/mol. The first-order valence-electron chi connectivity index (χ1n) is 8.11. The van der Waals surface area contributed by atoms with E-state index in [0.717, 1.165) is 11.6 Å². The van der Waals surface area contributed by atoms with Gasteiger partial charge in [-0.2, -0.15) is 0 Å². The molecule has 0 aliphatic carbocycles. The molecule has 3 heterocycles. The third-order valence-corrected chi connectivity index (χ3v) is 5.03. The SMILES string of the molecule is COCC(C)n1cc(C)nc1N(C)C1CC2CCC(C1)N2. The molecule has 0 amide bonds. The van der Waals surface area contributed by atoms with Gasteiger partial charge in [-0.25, -0.2) is 4.98 Å². The number of nitrogens with zero attached hydrogens (tertiary/aromatic N) is 3. The summed E-state index contributed by atoms with van der Waals surface area (Å²) in [5.41, 5.74) is 1.08. The van der Waals surface area contributed by atoms with Crippen LogP contribution in [0.15, 0.2) is 6.20 Å². The summed E-state index contributed by atoms with van der Waals surface area (Å²) in [5.74, 6) is 1.09. The van der Waals surface area contributed by atoms with Crippen LogP contribution in [0.5, 0.6) is 0 Å². The molecule has 0 spiro atoms. The largest absolute Gasteiger partial charge is 0.383 e. The molecule has 0 aromatic carbocycles. The number of hydrogen-bond donors (Lipinski definition) is 1. The molecule has 0 saturated carbocycles. The van der Waals surface area contributed by atoms with Crippen LogP contribution >= 0.6 is 0 Å². The second-order valence-electron chi connectivity index (χ2n) is 6.77. The number of aryl methyl sites for hydroxylation is 1. The van der Waals surface area contributed by atoms with E-state index >= 15 is 0 Å². The highest BCUT2D eigenvalue weighted by atomic mass is 16.5. The summed E-state index contributed by atoms with van der Waals surface area (Å²) in [5, 5.41) is 3.72. The number of hydrogen-bond acceptors (Lipinski definition) is 4. The van der Waals surface area contributed by atoms with Crippen molar-refractivity contribution >= 4 is 5.95 Å². The zero-order valence-corrected chi connectivity index (χ0v) is 13.7. The molecule has 0 radical (unpaired) electrons. The Labute approximate surface area is 127 Å². The van der Waals surface area contributed by atoms with E-state index < -0.39 is 0 Å². The highest BCUT2D eigenvalue weighted by Gasteiger charge is 2.36. The minimum atomic E-state index is 0.312. The van der Waals surface area contributed by atoms with Crippen molar-refractivity contribution in [1.82, 2.24) is 14.9 Å². The van der Waals surface area contributed by atoms with E-state index in [1.807, 2.05) is 0 Å². The van der Waals surface area contributed by atoms with Crippen LogP contribution in [0.2, 0.25) is 0 Å². The molecule has 5 heteroatoms. The standard InChI is InChI=1S/C16H28N4O/c1-11-9-20(12(2)10-21-4)16(17-11)19(3)15-7-13-5-6-14(8-15)18-13/h9,12-15,18H,5-8,10H2,1-4H3. The van der Waals surface area contributed by atoms with Crippen LogP contribution in [0.1, 0.15) is 44.3 Å². The normalized spacial score (nSPS) is 29.6. The van der Waals surface area contributed by atoms with Crippen molar-refractivity contribution in [3.8, 4) is 0 Å². The maximum Gasteiger partial charge on any atom is 0.206 e. The van der Waals surface area contributed by atoms with Gasteiger partial charge in [-0.3, -0.25) is 0 Å². The fourth-order valence-corrected chi connectivity index (χ4v) is 3.92. The van der Waals surface area contributed by atoms with Gasteiger partial charge in [-0.05, 0) is 39.5 Å². The summed E-state index contributed by atoms with van der Waals surface area (Å²) in [7, 11) is 3.96. The first kappa shape index (κ1) is 14.9. The van der Waals surface area contributed by atoms with Crippen molar-refractivity contribution in [2.75, 3.05) is 25.7 Å². The fourth-order valence-electron chi connectivity index (χ4n) is 3.92. The first-order valence-corrected chi connectivity index (χ1v) is 8.11. The molecular formula is C16H28N4O. The van der Waals surface area contributed by atoms with Crippen molar-refractivity contribution in [3.05, 3.63) is 11.9 Å². The summed E-state index contributed by atoms with van der Waals surface area (Å²) < 4.78 is 7.58. The van der Waals surface area contributed by atoms with Gasteiger partial charge in [0.2, 0.25) is 5.95 Å². The highest BCUT2D eigenvalue weighted by Crippen LogP contribution is 2.32. The minimum Gasteiger partial charge on any atom is -0.383 e. The monoisotopic (exact) mass is 292 g/mol. The molecule has 1 aromatic rings. The Hall–Kier alpha value is -1.07. The number of aromatic nitrogens is 2. The third kappa shape index (κ3) is 2.94. The lowest BCUT2D eigenvalue weighted by molar-refractivity contribution is 0.162. The van der Waals surface area contributed by atoms with Crippen LogP contribution < -0.4 is 10.2 Å². The lowest BCUT2D eigenvalue weighted by Crippen LogP contribution is -2.47. The molecule has 2 bridgehead atoms. The number of ether oxygens (including phenoxy) is 1. The Morgan fingerprint density at radius 3 is 2.71 bits per heavy atom. The second kappa shape index (κ2) is 5.97. The van der Waals surface area contributed by atoms with Gasteiger partial charge in [-0.1, -0.05) is 0 Å². The lowest BCUT2D eigenvalue weighted by Gasteiger charge is -2.36. The molecule has 1 aromatic heterocycles. The lowest BCUT2D eigenvalue weighted by atomic mass is 9.99. The number of fused-ring (bicyclic) bond motifs is 2. The second-order valence-corrected chi connectivity index (χ2v) is 6.77. The molecule has 3 rings (SSSR count). The molecule has 2 fully saturated rings. The smallest absolute Gasteiger partial charge is 0.206 e. The van der Waals surface area contributed by atoms with Gasteiger partial charge in [0.15, 0.2) is 0 Å². The Morgan fingerprint density at radius 2 is 2.10 bits per heavy atom. The molecule has 3 atom stereocenters. The van der Waals surface area contributed by atoms with Gasteiger partial charge in [0, 0.05) is 38.5 Å². The molecule has 1 N–H and O–H groups in total. The summed E-state index contributed by atoms with van der Waals surface area (Å²) in [6.07, 6.45) is 7.28. The summed E-state index contributed by atoms with van der Waals surface area (Å²) in [6, 6.07) is 2.32. The van der Waals surface area contributed by atoms with Crippen LogP contribution in [-0.4, -0.2) is 48.4 Å².